The number of hydrogen-bond donors (Lipinski definition) is 0. The molecule has 2 aliphatic heterocycles. The van der Waals surface area contributed by atoms with E-state index in [1.54, 1.807) is 18.9 Å². The van der Waals surface area contributed by atoms with Crippen LogP contribution in [0.4, 0.5) is 0 Å². The molecule has 2 aliphatic rings. The van der Waals surface area contributed by atoms with E-state index >= 15 is 0 Å². The Morgan fingerprint density at radius 1 is 0.974 bits per heavy atom. The lowest BCUT2D eigenvalue weighted by molar-refractivity contribution is -0.141. The molecule has 0 unspecified atom stereocenters. The lowest BCUT2D eigenvalue weighted by Gasteiger charge is -2.39. The van der Waals surface area contributed by atoms with Crippen molar-refractivity contribution in [2.45, 2.75) is 32.6 Å². The number of hydrogen-bond acceptors (Lipinski definition) is 7. The number of benzene rings is 3. The Balaban J connectivity index is 1.47. The van der Waals surface area contributed by atoms with Crippen molar-refractivity contribution < 1.29 is 23.8 Å². The van der Waals surface area contributed by atoms with E-state index in [-0.39, 0.29) is 12.5 Å². The van der Waals surface area contributed by atoms with Crippen LogP contribution in [0, 0.1) is 0 Å². The third kappa shape index (κ3) is 5.45. The Bertz CT molecular complexity index is 1390. The molecule has 5 rings (SSSR count). The fourth-order valence-corrected chi connectivity index (χ4v) is 5.49. The number of aliphatic imine (C=N–C) groups is 1. The van der Waals surface area contributed by atoms with Crippen LogP contribution in [0.1, 0.15) is 36.1 Å². The van der Waals surface area contributed by atoms with Crippen LogP contribution < -0.4 is 9.47 Å². The van der Waals surface area contributed by atoms with Crippen LogP contribution in [-0.2, 0) is 27.5 Å². The summed E-state index contributed by atoms with van der Waals surface area (Å²) < 4.78 is 17.4. The van der Waals surface area contributed by atoms with E-state index in [1.165, 1.54) is 11.8 Å². The number of methoxy groups -OCH3 is 1. The minimum atomic E-state index is -0.692. The Kier molecular flexibility index (Phi) is 7.79. The van der Waals surface area contributed by atoms with Crippen molar-refractivity contribution in [3.63, 3.8) is 0 Å². The fraction of sp³-hybridized carbons (Fsp3) is 0.233. The molecule has 3 aromatic carbocycles. The normalized spacial score (nSPS) is 17.0. The van der Waals surface area contributed by atoms with E-state index in [0.717, 1.165) is 11.1 Å². The van der Waals surface area contributed by atoms with Gasteiger partial charge in [-0.05, 0) is 35.7 Å². The predicted octanol–water partition coefficient (Wildman–Crippen LogP) is 5.67. The van der Waals surface area contributed by atoms with Gasteiger partial charge >= 0.3 is 5.97 Å². The number of nitrogens with zero attached hydrogens (tertiary/aromatic N) is 2. The molecule has 1 fully saturated rings. The van der Waals surface area contributed by atoms with Gasteiger partial charge in [0, 0.05) is 12.2 Å². The van der Waals surface area contributed by atoms with Crippen LogP contribution in [0.5, 0.6) is 11.5 Å². The number of fused-ring (bicyclic) bond motifs is 1. The molecule has 0 spiro atoms. The van der Waals surface area contributed by atoms with Crippen molar-refractivity contribution >= 4 is 28.8 Å². The molecule has 7 nitrogen and oxygen atoms in total. The van der Waals surface area contributed by atoms with Gasteiger partial charge in [-0.2, -0.15) is 0 Å². The summed E-state index contributed by atoms with van der Waals surface area (Å²) in [5, 5.41) is 0.590. The Morgan fingerprint density at radius 3 is 2.34 bits per heavy atom. The first kappa shape index (κ1) is 25.6. The fourth-order valence-electron chi connectivity index (χ4n) is 4.48. The molecule has 0 aliphatic carbocycles. The Labute approximate surface area is 226 Å². The van der Waals surface area contributed by atoms with Crippen molar-refractivity contribution in [1.29, 1.82) is 0 Å². The summed E-state index contributed by atoms with van der Waals surface area (Å²) in [6.45, 7) is 2.29. The van der Waals surface area contributed by atoms with Gasteiger partial charge in [0.1, 0.15) is 13.2 Å². The van der Waals surface area contributed by atoms with Gasteiger partial charge < -0.3 is 14.2 Å². The molecule has 3 aromatic rings. The van der Waals surface area contributed by atoms with Crippen LogP contribution in [0.2, 0.25) is 0 Å². The molecule has 0 bridgehead atoms. The number of amides is 1. The van der Waals surface area contributed by atoms with Gasteiger partial charge in [-0.25, -0.2) is 9.79 Å². The molecular formula is C30H28N2O5S. The summed E-state index contributed by atoms with van der Waals surface area (Å²) in [4.78, 5) is 32.9. The third-order valence-corrected chi connectivity index (χ3v) is 7.33. The van der Waals surface area contributed by atoms with E-state index in [4.69, 9.17) is 14.2 Å². The number of allylic oxidation sites excluding steroid dienone is 1. The summed E-state index contributed by atoms with van der Waals surface area (Å²) in [5.74, 6) is 1.13. The number of carbonyl (C=O) groups is 2. The zero-order chi connectivity index (χ0) is 26.5. The SMILES string of the molecule is COc1cc([C@@H]2C(C(=O)OCc3ccccc3)=C(C)N=C3SCCC(=O)N32)ccc1OCc1ccccc1. The van der Waals surface area contributed by atoms with Gasteiger partial charge in [0.15, 0.2) is 16.7 Å². The van der Waals surface area contributed by atoms with E-state index in [9.17, 15) is 9.59 Å². The van der Waals surface area contributed by atoms with E-state index in [0.29, 0.717) is 52.3 Å². The van der Waals surface area contributed by atoms with Gasteiger partial charge in [-0.1, -0.05) is 78.5 Å². The van der Waals surface area contributed by atoms with Crippen molar-refractivity contribution in [1.82, 2.24) is 4.90 Å². The van der Waals surface area contributed by atoms with E-state index in [1.807, 2.05) is 78.9 Å². The molecule has 1 atom stereocenters. The molecule has 1 amide bonds. The first-order valence-corrected chi connectivity index (χ1v) is 13.3. The summed E-state index contributed by atoms with van der Waals surface area (Å²) in [7, 11) is 1.57. The minimum absolute atomic E-state index is 0.0864. The first-order valence-electron chi connectivity index (χ1n) is 12.3. The highest BCUT2D eigenvalue weighted by atomic mass is 32.2. The molecule has 0 aromatic heterocycles. The lowest BCUT2D eigenvalue weighted by atomic mass is 9.93. The average molecular weight is 529 g/mol. The predicted molar refractivity (Wildman–Crippen MR) is 147 cm³/mol. The van der Waals surface area contributed by atoms with Gasteiger partial charge in [0.2, 0.25) is 5.91 Å². The van der Waals surface area contributed by atoms with E-state index in [2.05, 4.69) is 4.99 Å². The van der Waals surface area contributed by atoms with Crippen molar-refractivity contribution in [2.75, 3.05) is 12.9 Å². The standard InChI is InChI=1S/C30H28N2O5S/c1-20-27(29(34)37-19-22-11-7-4-8-12-22)28(32-26(33)15-16-38-30(32)31-20)23-13-14-24(25(17-23)35-2)36-18-21-9-5-3-6-10-21/h3-14,17,28H,15-16,18-19H2,1-2H3/t28-/m1/s1. The molecule has 2 heterocycles. The van der Waals surface area contributed by atoms with E-state index < -0.39 is 12.0 Å². The summed E-state index contributed by atoms with van der Waals surface area (Å²) in [6.07, 6.45) is 0.362. The molecular weight excluding hydrogens is 500 g/mol. The Morgan fingerprint density at radius 2 is 1.66 bits per heavy atom. The number of esters is 1. The number of carbonyl (C=O) groups excluding carboxylic acids is 2. The quantitative estimate of drug-likeness (QED) is 0.351. The topological polar surface area (TPSA) is 77.4 Å². The first-order chi connectivity index (χ1) is 18.5. The third-order valence-electron chi connectivity index (χ3n) is 6.38. The van der Waals surface area contributed by atoms with Crippen molar-refractivity contribution in [3.05, 3.63) is 107 Å². The van der Waals surface area contributed by atoms with Crippen molar-refractivity contribution in [3.8, 4) is 11.5 Å². The van der Waals surface area contributed by atoms with Crippen molar-refractivity contribution in [2.24, 2.45) is 4.99 Å². The highest BCUT2D eigenvalue weighted by molar-refractivity contribution is 8.14. The maximum Gasteiger partial charge on any atom is 0.338 e. The molecule has 194 valence electrons. The Hall–Kier alpha value is -4.04. The number of thioether (sulfide) groups is 1. The molecule has 38 heavy (non-hydrogen) atoms. The average Bonchev–Trinajstić information content (AvgIpc) is 2.95. The molecule has 0 radical (unpaired) electrons. The van der Waals surface area contributed by atoms with Gasteiger partial charge in [0.05, 0.1) is 24.4 Å². The minimum Gasteiger partial charge on any atom is -0.493 e. The van der Waals surface area contributed by atoms with Crippen LogP contribution >= 0.6 is 11.8 Å². The summed E-state index contributed by atoms with van der Waals surface area (Å²) >= 11 is 1.51. The molecule has 0 saturated carbocycles. The number of amidine groups is 1. The maximum atomic E-state index is 13.5. The van der Waals surface area contributed by atoms with Crippen LogP contribution in [0.25, 0.3) is 0 Å². The number of rotatable bonds is 8. The molecule has 0 N–H and O–H groups in total. The van der Waals surface area contributed by atoms with Gasteiger partial charge in [0.25, 0.3) is 0 Å². The molecule has 8 heteroatoms. The number of ether oxygens (including phenoxy) is 3. The van der Waals surface area contributed by atoms with Gasteiger partial charge in [-0.15, -0.1) is 0 Å². The van der Waals surface area contributed by atoms with Crippen LogP contribution in [0.3, 0.4) is 0 Å². The summed E-state index contributed by atoms with van der Waals surface area (Å²) in [5.41, 5.74) is 3.49. The second-order valence-electron chi connectivity index (χ2n) is 8.90. The zero-order valence-corrected chi connectivity index (χ0v) is 22.1. The van der Waals surface area contributed by atoms with Gasteiger partial charge in [-0.3, -0.25) is 9.69 Å². The summed E-state index contributed by atoms with van der Waals surface area (Å²) in [6, 6.07) is 24.1. The second-order valence-corrected chi connectivity index (χ2v) is 9.97. The highest BCUT2D eigenvalue weighted by Gasteiger charge is 2.42. The molecule has 1 saturated heterocycles. The smallest absolute Gasteiger partial charge is 0.338 e. The van der Waals surface area contributed by atoms with Crippen LogP contribution in [0.15, 0.2) is 95.1 Å². The highest BCUT2D eigenvalue weighted by Crippen LogP contribution is 2.42. The largest absolute Gasteiger partial charge is 0.493 e. The maximum absolute atomic E-state index is 13.5. The second kappa shape index (κ2) is 11.6. The lowest BCUT2D eigenvalue weighted by Crippen LogP contribution is -2.45. The monoisotopic (exact) mass is 528 g/mol. The van der Waals surface area contributed by atoms with Crippen LogP contribution in [-0.4, -0.2) is 34.8 Å². The zero-order valence-electron chi connectivity index (χ0n) is 21.3.